The Kier molecular flexibility index (Phi) is 3.15. The Bertz CT molecular complexity index is 569. The number of carboxylic acids is 1. The van der Waals surface area contributed by atoms with Crippen LogP contribution < -0.4 is 0 Å². The van der Waals surface area contributed by atoms with Crippen molar-refractivity contribution in [2.75, 3.05) is 0 Å². The van der Waals surface area contributed by atoms with Crippen molar-refractivity contribution in [3.05, 3.63) is 12.2 Å². The van der Waals surface area contributed by atoms with Crippen molar-refractivity contribution in [2.45, 2.75) is 71.3 Å². The maximum absolute atomic E-state index is 12.0. The van der Waals surface area contributed by atoms with Crippen LogP contribution in [0.3, 0.4) is 0 Å². The Balaban J connectivity index is 1.78. The van der Waals surface area contributed by atoms with Gasteiger partial charge in [0, 0.05) is 5.41 Å². The van der Waals surface area contributed by atoms with Crippen LogP contribution >= 0.6 is 0 Å². The molecule has 23 heavy (non-hydrogen) atoms. The van der Waals surface area contributed by atoms with Gasteiger partial charge in [-0.2, -0.15) is 0 Å². The molecule has 2 bridgehead atoms. The van der Waals surface area contributed by atoms with Gasteiger partial charge >= 0.3 is 5.97 Å². The van der Waals surface area contributed by atoms with Crippen LogP contribution in [-0.2, 0) is 4.79 Å². The minimum atomic E-state index is -0.616. The summed E-state index contributed by atoms with van der Waals surface area (Å²) in [6.45, 7) is 8.53. The van der Waals surface area contributed by atoms with E-state index in [-0.39, 0.29) is 22.9 Å². The number of hydrogen-bond acceptors (Lipinski definition) is 2. The van der Waals surface area contributed by atoms with E-state index in [0.717, 1.165) is 56.9 Å². The van der Waals surface area contributed by atoms with E-state index in [2.05, 4.69) is 13.5 Å². The molecule has 0 aromatic heterocycles. The van der Waals surface area contributed by atoms with Crippen molar-refractivity contribution in [1.29, 1.82) is 0 Å². The maximum atomic E-state index is 12.0. The normalized spacial score (nSPS) is 55.2. The predicted molar refractivity (Wildman–Crippen MR) is 88.8 cm³/mol. The van der Waals surface area contributed by atoms with Gasteiger partial charge in [0.2, 0.25) is 0 Å². The number of aliphatic hydroxyl groups excluding tert-OH is 1. The highest BCUT2D eigenvalue weighted by atomic mass is 16.4. The second-order valence-electron chi connectivity index (χ2n) is 9.41. The third-order valence-corrected chi connectivity index (χ3v) is 8.70. The van der Waals surface area contributed by atoms with Gasteiger partial charge in [-0.3, -0.25) is 4.79 Å². The first kappa shape index (κ1) is 15.7. The molecular formula is C20H30O3. The monoisotopic (exact) mass is 318 g/mol. The van der Waals surface area contributed by atoms with E-state index in [1.54, 1.807) is 0 Å². The molecule has 4 aliphatic rings. The summed E-state index contributed by atoms with van der Waals surface area (Å²) in [6.07, 6.45) is 7.86. The molecule has 0 aromatic carbocycles. The van der Waals surface area contributed by atoms with Gasteiger partial charge in [-0.15, -0.1) is 0 Å². The van der Waals surface area contributed by atoms with E-state index in [0.29, 0.717) is 11.8 Å². The lowest BCUT2D eigenvalue weighted by molar-refractivity contribution is -0.190. The van der Waals surface area contributed by atoms with Crippen molar-refractivity contribution in [1.82, 2.24) is 0 Å². The zero-order chi connectivity index (χ0) is 16.6. The molecule has 0 aromatic rings. The van der Waals surface area contributed by atoms with Crippen LogP contribution in [0, 0.1) is 34.0 Å². The van der Waals surface area contributed by atoms with Crippen LogP contribution in [0.5, 0.6) is 0 Å². The minimum Gasteiger partial charge on any atom is -0.481 e. The van der Waals surface area contributed by atoms with E-state index in [4.69, 9.17) is 0 Å². The first-order valence-corrected chi connectivity index (χ1v) is 9.36. The lowest BCUT2D eigenvalue weighted by Crippen LogP contribution is -2.60. The summed E-state index contributed by atoms with van der Waals surface area (Å²) in [7, 11) is 0. The number of carbonyl (C=O) groups is 1. The molecular weight excluding hydrogens is 288 g/mol. The van der Waals surface area contributed by atoms with Crippen molar-refractivity contribution in [3.8, 4) is 0 Å². The van der Waals surface area contributed by atoms with E-state index in [1.807, 2.05) is 6.92 Å². The average Bonchev–Trinajstić information content (AvgIpc) is 2.68. The van der Waals surface area contributed by atoms with Crippen molar-refractivity contribution < 1.29 is 15.0 Å². The maximum Gasteiger partial charge on any atom is 0.309 e. The number of aliphatic carboxylic acids is 1. The smallest absolute Gasteiger partial charge is 0.309 e. The summed E-state index contributed by atoms with van der Waals surface area (Å²) in [5, 5.41) is 20.9. The van der Waals surface area contributed by atoms with E-state index in [1.165, 1.54) is 0 Å². The van der Waals surface area contributed by atoms with Crippen LogP contribution in [0.4, 0.5) is 0 Å². The highest BCUT2D eigenvalue weighted by molar-refractivity contribution is 5.75. The molecule has 4 aliphatic carbocycles. The average molecular weight is 318 g/mol. The Hall–Kier alpha value is -0.830. The summed E-state index contributed by atoms with van der Waals surface area (Å²) in [6, 6.07) is 0. The zero-order valence-electron chi connectivity index (χ0n) is 14.5. The molecule has 7 atom stereocenters. The first-order chi connectivity index (χ1) is 10.8. The Morgan fingerprint density at radius 2 is 1.87 bits per heavy atom. The molecule has 2 N–H and O–H groups in total. The van der Waals surface area contributed by atoms with Crippen LogP contribution in [0.2, 0.25) is 0 Å². The summed E-state index contributed by atoms with van der Waals surface area (Å²) in [4.78, 5) is 12.0. The van der Waals surface area contributed by atoms with Gasteiger partial charge in [-0.1, -0.05) is 19.9 Å². The predicted octanol–water partition coefficient (Wildman–Crippen LogP) is 4.01. The zero-order valence-corrected chi connectivity index (χ0v) is 14.5. The molecule has 0 amide bonds. The Morgan fingerprint density at radius 1 is 1.13 bits per heavy atom. The Labute approximate surface area is 139 Å². The number of hydrogen-bond donors (Lipinski definition) is 2. The third kappa shape index (κ3) is 1.72. The van der Waals surface area contributed by atoms with Crippen LogP contribution in [-0.4, -0.2) is 22.3 Å². The number of fused-ring (bicyclic) bond motifs is 3. The summed E-state index contributed by atoms with van der Waals surface area (Å²) in [5.41, 5.74) is 0.514. The van der Waals surface area contributed by atoms with E-state index in [9.17, 15) is 15.0 Å². The fraction of sp³-hybridized carbons (Fsp3) is 0.850. The molecule has 4 saturated carbocycles. The molecule has 4 rings (SSSR count). The van der Waals surface area contributed by atoms with Crippen LogP contribution in [0.15, 0.2) is 12.2 Å². The summed E-state index contributed by atoms with van der Waals surface area (Å²) < 4.78 is 0. The summed E-state index contributed by atoms with van der Waals surface area (Å²) >= 11 is 0. The van der Waals surface area contributed by atoms with Crippen LogP contribution in [0.1, 0.15) is 65.2 Å². The number of aliphatic hydroxyl groups is 1. The molecule has 0 saturated heterocycles. The van der Waals surface area contributed by atoms with Gasteiger partial charge in [0.15, 0.2) is 0 Å². The lowest BCUT2D eigenvalue weighted by atomic mass is 9.40. The van der Waals surface area contributed by atoms with Gasteiger partial charge in [-0.05, 0) is 80.6 Å². The molecule has 0 aliphatic heterocycles. The molecule has 3 nitrogen and oxygen atoms in total. The molecule has 4 fully saturated rings. The molecule has 0 heterocycles. The highest BCUT2D eigenvalue weighted by Gasteiger charge is 2.67. The third-order valence-electron chi connectivity index (χ3n) is 8.70. The molecule has 128 valence electrons. The first-order valence-electron chi connectivity index (χ1n) is 9.36. The van der Waals surface area contributed by atoms with Gasteiger partial charge in [-0.25, -0.2) is 0 Å². The topological polar surface area (TPSA) is 57.5 Å². The Morgan fingerprint density at radius 3 is 2.57 bits per heavy atom. The van der Waals surface area contributed by atoms with Gasteiger partial charge < -0.3 is 10.2 Å². The lowest BCUT2D eigenvalue weighted by Gasteiger charge is -2.63. The second kappa shape index (κ2) is 4.62. The second-order valence-corrected chi connectivity index (χ2v) is 9.41. The number of carboxylic acid groups (broad SMARTS) is 1. The highest BCUT2D eigenvalue weighted by Crippen LogP contribution is 2.72. The van der Waals surface area contributed by atoms with Crippen LogP contribution in [0.25, 0.3) is 0 Å². The quantitative estimate of drug-likeness (QED) is 0.718. The van der Waals surface area contributed by atoms with E-state index < -0.39 is 11.4 Å². The molecule has 2 unspecified atom stereocenters. The van der Waals surface area contributed by atoms with Crippen molar-refractivity contribution >= 4 is 5.97 Å². The van der Waals surface area contributed by atoms with Gasteiger partial charge in [0.05, 0.1) is 11.5 Å². The molecule has 1 spiro atoms. The molecule has 3 heteroatoms. The van der Waals surface area contributed by atoms with Gasteiger partial charge in [0.25, 0.3) is 0 Å². The number of rotatable bonds is 1. The largest absolute Gasteiger partial charge is 0.481 e. The van der Waals surface area contributed by atoms with Crippen molar-refractivity contribution in [3.63, 3.8) is 0 Å². The van der Waals surface area contributed by atoms with Gasteiger partial charge in [0.1, 0.15) is 0 Å². The van der Waals surface area contributed by atoms with E-state index >= 15 is 0 Å². The fourth-order valence-electron chi connectivity index (χ4n) is 7.62. The van der Waals surface area contributed by atoms with Crippen molar-refractivity contribution in [2.24, 2.45) is 34.0 Å². The SMILES string of the molecule is C=C1C2CC[C@H]3[C@@](CC[C@H]4[C@@]3(C)CCC[C@@]4(C)C(=O)O)(C2)C1O. The minimum absolute atomic E-state index is 0.0119. The fourth-order valence-corrected chi connectivity index (χ4v) is 7.62. The summed E-state index contributed by atoms with van der Waals surface area (Å²) in [5.74, 6) is 0.581. The molecule has 0 radical (unpaired) electrons. The standard InChI is InChI=1S/C20H30O3/c1-12-13-5-6-15-18(2)8-4-9-19(3,17(22)23)14(18)7-10-20(15,11-13)16(12)21/h13-16,21H,1,4-11H2,2-3H3,(H,22,23)/t13?,14-,15+,16?,18+,19+,20+/m0/s1.